The Morgan fingerprint density at radius 1 is 1.18 bits per heavy atom. The molecule has 1 heterocycles. The zero-order valence-corrected chi connectivity index (χ0v) is 14.0. The van der Waals surface area contributed by atoms with E-state index in [0.29, 0.717) is 16.8 Å². The minimum Gasteiger partial charge on any atom is -0.374 e. The Bertz CT molecular complexity index is 633. The zero-order chi connectivity index (χ0) is 15.4. The summed E-state index contributed by atoms with van der Waals surface area (Å²) in [6, 6.07) is 8.16. The summed E-state index contributed by atoms with van der Waals surface area (Å²) < 4.78 is 0.740. The van der Waals surface area contributed by atoms with Crippen LogP contribution in [0.1, 0.15) is 53.9 Å². The number of ketones is 1. The maximum absolute atomic E-state index is 12.2. The Hall–Kier alpha value is -1.40. The Kier molecular flexibility index (Phi) is 5.10. The van der Waals surface area contributed by atoms with Gasteiger partial charge < -0.3 is 5.73 Å². The number of hydrogen-bond donors (Lipinski definition) is 1. The highest BCUT2D eigenvalue weighted by molar-refractivity contribution is 8.01. The standard InChI is InChI=1S/C16H19N3OS2/c17-15-18-19-16(22-15)21-10-14(20)13-8-6-12(7-9-13)11-4-2-1-3-5-11/h6-9,11H,1-5,10H2,(H2,17,18). The van der Waals surface area contributed by atoms with Crippen molar-refractivity contribution in [3.63, 3.8) is 0 Å². The van der Waals surface area contributed by atoms with Gasteiger partial charge >= 0.3 is 0 Å². The molecule has 1 aliphatic carbocycles. The molecule has 0 unspecified atom stereocenters. The number of nitrogen functional groups attached to an aromatic ring is 1. The smallest absolute Gasteiger partial charge is 0.203 e. The largest absolute Gasteiger partial charge is 0.374 e. The van der Waals surface area contributed by atoms with E-state index in [9.17, 15) is 4.79 Å². The van der Waals surface area contributed by atoms with Crippen molar-refractivity contribution in [2.75, 3.05) is 11.5 Å². The lowest BCUT2D eigenvalue weighted by atomic mass is 9.84. The number of carbonyl (C=O) groups is 1. The predicted octanol–water partition coefficient (Wildman–Crippen LogP) is 4.14. The number of anilines is 1. The highest BCUT2D eigenvalue weighted by Crippen LogP contribution is 2.32. The van der Waals surface area contributed by atoms with E-state index in [2.05, 4.69) is 22.3 Å². The summed E-state index contributed by atoms with van der Waals surface area (Å²) in [5.74, 6) is 1.17. The van der Waals surface area contributed by atoms with Crippen molar-refractivity contribution >= 4 is 34.0 Å². The van der Waals surface area contributed by atoms with Crippen LogP contribution >= 0.6 is 23.1 Å². The Morgan fingerprint density at radius 3 is 2.55 bits per heavy atom. The van der Waals surface area contributed by atoms with Crippen molar-refractivity contribution in [3.05, 3.63) is 35.4 Å². The lowest BCUT2D eigenvalue weighted by Crippen LogP contribution is -2.06. The number of benzene rings is 1. The lowest BCUT2D eigenvalue weighted by molar-refractivity contribution is 0.102. The van der Waals surface area contributed by atoms with E-state index >= 15 is 0 Å². The van der Waals surface area contributed by atoms with Crippen LogP contribution in [0.25, 0.3) is 0 Å². The average molecular weight is 333 g/mol. The normalized spacial score (nSPS) is 15.8. The molecule has 2 N–H and O–H groups in total. The average Bonchev–Trinajstić information content (AvgIpc) is 2.99. The molecule has 4 nitrogen and oxygen atoms in total. The molecule has 0 spiro atoms. The maximum Gasteiger partial charge on any atom is 0.203 e. The van der Waals surface area contributed by atoms with Gasteiger partial charge in [-0.05, 0) is 24.3 Å². The lowest BCUT2D eigenvalue weighted by Gasteiger charge is -2.22. The van der Waals surface area contributed by atoms with Crippen molar-refractivity contribution in [2.24, 2.45) is 0 Å². The Balaban J connectivity index is 1.58. The third-order valence-electron chi connectivity index (χ3n) is 4.06. The van der Waals surface area contributed by atoms with E-state index in [1.807, 2.05) is 12.1 Å². The van der Waals surface area contributed by atoms with Crippen molar-refractivity contribution in [1.82, 2.24) is 10.2 Å². The molecule has 116 valence electrons. The molecule has 22 heavy (non-hydrogen) atoms. The van der Waals surface area contributed by atoms with E-state index < -0.39 is 0 Å². The summed E-state index contributed by atoms with van der Waals surface area (Å²) >= 11 is 2.70. The molecule has 0 saturated heterocycles. The third kappa shape index (κ3) is 3.87. The van der Waals surface area contributed by atoms with E-state index in [4.69, 9.17) is 5.73 Å². The van der Waals surface area contributed by atoms with Gasteiger partial charge in [-0.15, -0.1) is 10.2 Å². The second-order valence-electron chi connectivity index (χ2n) is 5.58. The number of carbonyl (C=O) groups excluding carboxylic acids is 1. The van der Waals surface area contributed by atoms with Gasteiger partial charge in [0.1, 0.15) is 0 Å². The number of Topliss-reactive ketones (excluding diaryl/α,β-unsaturated/α-hetero) is 1. The number of nitrogens with zero attached hydrogens (tertiary/aromatic N) is 2. The van der Waals surface area contributed by atoms with Gasteiger partial charge in [-0.1, -0.05) is 66.6 Å². The fourth-order valence-corrected chi connectivity index (χ4v) is 4.40. The highest BCUT2D eigenvalue weighted by atomic mass is 32.2. The predicted molar refractivity (Wildman–Crippen MR) is 91.6 cm³/mol. The quantitative estimate of drug-likeness (QED) is 0.658. The van der Waals surface area contributed by atoms with Crippen molar-refractivity contribution in [1.29, 1.82) is 0 Å². The molecule has 1 aliphatic rings. The fraction of sp³-hybridized carbons (Fsp3) is 0.438. The second kappa shape index (κ2) is 7.24. The summed E-state index contributed by atoms with van der Waals surface area (Å²) in [6.07, 6.45) is 6.57. The third-order valence-corrected chi connectivity index (χ3v) is 5.94. The molecule has 1 saturated carbocycles. The molecule has 6 heteroatoms. The monoisotopic (exact) mass is 333 g/mol. The van der Waals surface area contributed by atoms with Gasteiger partial charge in [0, 0.05) is 5.56 Å². The molecule has 1 aromatic carbocycles. The Labute approximate surface area is 138 Å². The minimum atomic E-state index is 0.119. The van der Waals surface area contributed by atoms with Gasteiger partial charge in [0.2, 0.25) is 5.13 Å². The first-order valence-electron chi connectivity index (χ1n) is 7.57. The second-order valence-corrected chi connectivity index (χ2v) is 7.81. The number of nitrogens with two attached hydrogens (primary N) is 1. The SMILES string of the molecule is Nc1nnc(SCC(=O)c2ccc(C3CCCCC3)cc2)s1. The van der Waals surface area contributed by atoms with Gasteiger partial charge in [0.25, 0.3) is 0 Å². The summed E-state index contributed by atoms with van der Waals surface area (Å²) in [5, 5.41) is 8.09. The molecule has 2 aromatic rings. The molecule has 1 fully saturated rings. The summed E-state index contributed by atoms with van der Waals surface area (Å²) in [7, 11) is 0. The summed E-state index contributed by atoms with van der Waals surface area (Å²) in [4.78, 5) is 12.2. The number of rotatable bonds is 5. The van der Waals surface area contributed by atoms with Gasteiger partial charge in [-0.3, -0.25) is 4.79 Å². The van der Waals surface area contributed by atoms with E-state index in [1.54, 1.807) is 0 Å². The van der Waals surface area contributed by atoms with Crippen LogP contribution in [-0.4, -0.2) is 21.7 Å². The number of thioether (sulfide) groups is 1. The maximum atomic E-state index is 12.2. The van der Waals surface area contributed by atoms with Crippen LogP contribution in [0.15, 0.2) is 28.6 Å². The zero-order valence-electron chi connectivity index (χ0n) is 12.3. The van der Waals surface area contributed by atoms with Crippen molar-refractivity contribution in [2.45, 2.75) is 42.4 Å². The highest BCUT2D eigenvalue weighted by Gasteiger charge is 2.16. The molecular weight excluding hydrogens is 314 g/mol. The van der Waals surface area contributed by atoms with E-state index in [-0.39, 0.29) is 5.78 Å². The fourth-order valence-electron chi connectivity index (χ4n) is 2.87. The topological polar surface area (TPSA) is 68.9 Å². The van der Waals surface area contributed by atoms with Crippen LogP contribution in [0.3, 0.4) is 0 Å². The van der Waals surface area contributed by atoms with E-state index in [1.165, 1.54) is 60.8 Å². The molecule has 0 amide bonds. The van der Waals surface area contributed by atoms with Crippen LogP contribution in [0.4, 0.5) is 5.13 Å². The summed E-state index contributed by atoms with van der Waals surface area (Å²) in [5.41, 5.74) is 7.67. The minimum absolute atomic E-state index is 0.119. The van der Waals surface area contributed by atoms with Crippen LogP contribution in [-0.2, 0) is 0 Å². The molecule has 0 bridgehead atoms. The number of aromatic nitrogens is 2. The molecular formula is C16H19N3OS2. The summed E-state index contributed by atoms with van der Waals surface area (Å²) in [6.45, 7) is 0. The van der Waals surface area contributed by atoms with Crippen LogP contribution in [0.5, 0.6) is 0 Å². The first kappa shape index (κ1) is 15.5. The molecule has 0 aliphatic heterocycles. The Morgan fingerprint density at radius 2 is 1.91 bits per heavy atom. The van der Waals surface area contributed by atoms with Crippen molar-refractivity contribution < 1.29 is 4.79 Å². The molecule has 1 aromatic heterocycles. The van der Waals surface area contributed by atoms with Crippen molar-refractivity contribution in [3.8, 4) is 0 Å². The first-order valence-corrected chi connectivity index (χ1v) is 9.37. The van der Waals surface area contributed by atoms with Crippen LogP contribution < -0.4 is 5.73 Å². The first-order chi connectivity index (χ1) is 10.7. The molecule has 3 rings (SSSR count). The van der Waals surface area contributed by atoms with Gasteiger partial charge in [-0.2, -0.15) is 0 Å². The van der Waals surface area contributed by atoms with Gasteiger partial charge in [0.05, 0.1) is 5.75 Å². The van der Waals surface area contributed by atoms with E-state index in [0.717, 1.165) is 9.90 Å². The van der Waals surface area contributed by atoms with Crippen LogP contribution in [0, 0.1) is 0 Å². The number of hydrogen-bond acceptors (Lipinski definition) is 6. The van der Waals surface area contributed by atoms with Gasteiger partial charge in [0.15, 0.2) is 10.1 Å². The molecule has 0 atom stereocenters. The van der Waals surface area contributed by atoms with Gasteiger partial charge in [-0.25, -0.2) is 0 Å². The van der Waals surface area contributed by atoms with Crippen LogP contribution in [0.2, 0.25) is 0 Å². The molecule has 0 radical (unpaired) electrons.